The second-order valence-electron chi connectivity index (χ2n) is 2.64. The third-order valence-corrected chi connectivity index (χ3v) is 1.92. The predicted molar refractivity (Wildman–Crippen MR) is 39.0 cm³/mol. The Hall–Kier alpha value is -0.160. The molecule has 0 amide bonds. The molecule has 10 heavy (non-hydrogen) atoms. The zero-order valence-electron chi connectivity index (χ0n) is 5.85. The van der Waals surface area contributed by atoms with Crippen LogP contribution in [-0.4, -0.2) is 32.0 Å². The van der Waals surface area contributed by atoms with E-state index in [4.69, 9.17) is 0 Å². The van der Waals surface area contributed by atoms with Crippen LogP contribution in [0.25, 0.3) is 0 Å². The summed E-state index contributed by atoms with van der Waals surface area (Å²) in [5.74, 6) is 0. The Balaban J connectivity index is 1.93. The molecule has 0 bridgehead atoms. The minimum atomic E-state index is 0.377. The summed E-state index contributed by atoms with van der Waals surface area (Å²) < 4.78 is 0. The van der Waals surface area contributed by atoms with Gasteiger partial charge in [-0.1, -0.05) is 0 Å². The van der Waals surface area contributed by atoms with Crippen LogP contribution in [0, 0.1) is 6.54 Å². The van der Waals surface area contributed by atoms with E-state index in [1.54, 1.807) is 0 Å². The van der Waals surface area contributed by atoms with Crippen LogP contribution in [0.3, 0.4) is 0 Å². The molecular formula is C6H13N4. The van der Waals surface area contributed by atoms with Gasteiger partial charge in [-0.3, -0.25) is 21.3 Å². The van der Waals surface area contributed by atoms with Crippen LogP contribution in [0.4, 0.5) is 0 Å². The summed E-state index contributed by atoms with van der Waals surface area (Å²) >= 11 is 0. The summed E-state index contributed by atoms with van der Waals surface area (Å²) in [4.78, 5) is 0. The Morgan fingerprint density at radius 1 is 1.00 bits per heavy atom. The van der Waals surface area contributed by atoms with Gasteiger partial charge in [0, 0.05) is 26.2 Å². The molecule has 57 valence electrons. The number of hydrogen-bond donors (Lipinski definition) is 4. The first-order chi connectivity index (χ1) is 4.97. The van der Waals surface area contributed by atoms with Crippen molar-refractivity contribution in [2.45, 2.75) is 12.3 Å². The fourth-order valence-corrected chi connectivity index (χ4v) is 1.41. The lowest BCUT2D eigenvalue weighted by molar-refractivity contribution is 0.229. The van der Waals surface area contributed by atoms with Crippen molar-refractivity contribution in [1.29, 1.82) is 0 Å². The molecule has 1 radical (unpaired) electrons. The highest BCUT2D eigenvalue weighted by Crippen LogP contribution is 1.96. The van der Waals surface area contributed by atoms with Gasteiger partial charge in [0.25, 0.3) is 0 Å². The molecule has 2 fully saturated rings. The Morgan fingerprint density at radius 3 is 2.60 bits per heavy atom. The molecular weight excluding hydrogens is 128 g/mol. The number of hydrogen-bond acceptors (Lipinski definition) is 4. The molecule has 0 aromatic rings. The number of fused-ring (bicyclic) bond motifs is 1. The lowest BCUT2D eigenvalue weighted by atomic mass is 10.2. The van der Waals surface area contributed by atoms with Gasteiger partial charge in [-0.05, 0) is 0 Å². The van der Waals surface area contributed by atoms with E-state index in [0.29, 0.717) is 12.3 Å². The first kappa shape index (κ1) is 6.54. The molecule has 2 heterocycles. The largest absolute Gasteiger partial charge is 0.298 e. The minimum absolute atomic E-state index is 0.377. The molecule has 4 N–H and O–H groups in total. The summed E-state index contributed by atoms with van der Waals surface area (Å²) in [6.45, 7) is 5.08. The summed E-state index contributed by atoms with van der Waals surface area (Å²) in [6, 6.07) is 0. The van der Waals surface area contributed by atoms with Crippen LogP contribution in [0.2, 0.25) is 0 Å². The molecule has 2 aliphatic rings. The first-order valence-corrected chi connectivity index (χ1v) is 3.75. The van der Waals surface area contributed by atoms with Crippen molar-refractivity contribution in [3.63, 3.8) is 0 Å². The summed E-state index contributed by atoms with van der Waals surface area (Å²) in [5.41, 5.74) is 0. The highest BCUT2D eigenvalue weighted by atomic mass is 15.3. The molecule has 0 saturated carbocycles. The Morgan fingerprint density at radius 2 is 1.80 bits per heavy atom. The maximum atomic E-state index is 3.36. The van der Waals surface area contributed by atoms with E-state index in [-0.39, 0.29) is 0 Å². The zero-order chi connectivity index (χ0) is 6.81. The monoisotopic (exact) mass is 141 g/mol. The van der Waals surface area contributed by atoms with Crippen LogP contribution < -0.4 is 21.3 Å². The first-order valence-electron chi connectivity index (χ1n) is 3.75. The lowest BCUT2D eigenvalue weighted by Crippen LogP contribution is -2.69. The average molecular weight is 141 g/mol. The zero-order valence-corrected chi connectivity index (χ0v) is 5.85. The van der Waals surface area contributed by atoms with Crippen LogP contribution in [0.15, 0.2) is 0 Å². The predicted octanol–water partition coefficient (Wildman–Crippen LogP) is -1.81. The van der Waals surface area contributed by atoms with Gasteiger partial charge in [0.05, 0.1) is 12.3 Å². The Kier molecular flexibility index (Phi) is 1.86. The lowest BCUT2D eigenvalue weighted by Gasteiger charge is -2.38. The van der Waals surface area contributed by atoms with E-state index >= 15 is 0 Å². The van der Waals surface area contributed by atoms with Gasteiger partial charge in [0.2, 0.25) is 0 Å². The van der Waals surface area contributed by atoms with Gasteiger partial charge >= 0.3 is 0 Å². The summed E-state index contributed by atoms with van der Waals surface area (Å²) in [5, 5.41) is 13.3. The molecule has 2 aliphatic heterocycles. The number of piperazine rings is 2. The van der Waals surface area contributed by atoms with Crippen LogP contribution in [0.1, 0.15) is 0 Å². The van der Waals surface area contributed by atoms with Crippen molar-refractivity contribution in [1.82, 2.24) is 21.3 Å². The molecule has 0 spiro atoms. The van der Waals surface area contributed by atoms with Gasteiger partial charge in [0.15, 0.2) is 0 Å². The molecule has 2 atom stereocenters. The Bertz CT molecular complexity index is 90.3. The molecule has 4 nitrogen and oxygen atoms in total. The molecule has 0 aromatic heterocycles. The van der Waals surface area contributed by atoms with E-state index in [1.807, 2.05) is 6.54 Å². The second kappa shape index (κ2) is 2.84. The van der Waals surface area contributed by atoms with Gasteiger partial charge in [-0.15, -0.1) is 0 Å². The van der Waals surface area contributed by atoms with Crippen LogP contribution in [0.5, 0.6) is 0 Å². The van der Waals surface area contributed by atoms with Crippen molar-refractivity contribution in [2.75, 3.05) is 19.6 Å². The van der Waals surface area contributed by atoms with Gasteiger partial charge in [0.1, 0.15) is 0 Å². The molecule has 2 saturated heterocycles. The van der Waals surface area contributed by atoms with Crippen molar-refractivity contribution < 1.29 is 0 Å². The molecule has 0 aliphatic carbocycles. The van der Waals surface area contributed by atoms with Crippen molar-refractivity contribution in [3.8, 4) is 0 Å². The normalized spacial score (nSPS) is 40.8. The Labute approximate surface area is 60.8 Å². The third-order valence-electron chi connectivity index (χ3n) is 1.92. The quantitative estimate of drug-likeness (QED) is 0.321. The fraction of sp³-hybridized carbons (Fsp3) is 0.833. The van der Waals surface area contributed by atoms with Crippen molar-refractivity contribution >= 4 is 0 Å². The van der Waals surface area contributed by atoms with Crippen LogP contribution >= 0.6 is 0 Å². The topological polar surface area (TPSA) is 48.1 Å². The molecule has 0 aromatic carbocycles. The smallest absolute Gasteiger partial charge is 0.0870 e. The van der Waals surface area contributed by atoms with E-state index in [9.17, 15) is 0 Å². The summed E-state index contributed by atoms with van der Waals surface area (Å²) in [7, 11) is 0. The SMILES string of the molecule is [CH]1CNC2NCCNC2N1. The van der Waals surface area contributed by atoms with E-state index in [1.165, 1.54) is 0 Å². The summed E-state index contributed by atoms with van der Waals surface area (Å²) in [6.07, 6.45) is 0.779. The maximum absolute atomic E-state index is 3.36. The van der Waals surface area contributed by atoms with Gasteiger partial charge in [-0.25, -0.2) is 0 Å². The van der Waals surface area contributed by atoms with E-state index in [2.05, 4.69) is 21.3 Å². The fourth-order valence-electron chi connectivity index (χ4n) is 1.41. The van der Waals surface area contributed by atoms with Crippen molar-refractivity contribution in [2.24, 2.45) is 0 Å². The highest BCUT2D eigenvalue weighted by molar-refractivity contribution is 4.91. The van der Waals surface area contributed by atoms with E-state index in [0.717, 1.165) is 19.6 Å². The standard InChI is InChI=1S/C6H13N4/c1-2-8-6-5(7-1)9-3-4-10-6/h1,5-10H,2-4H2. The third kappa shape index (κ3) is 1.15. The second-order valence-corrected chi connectivity index (χ2v) is 2.64. The molecule has 4 heteroatoms. The number of rotatable bonds is 0. The number of nitrogens with one attached hydrogen (secondary N) is 4. The van der Waals surface area contributed by atoms with E-state index < -0.39 is 0 Å². The maximum Gasteiger partial charge on any atom is 0.0870 e. The minimum Gasteiger partial charge on any atom is -0.298 e. The van der Waals surface area contributed by atoms with Crippen LogP contribution in [-0.2, 0) is 0 Å². The van der Waals surface area contributed by atoms with Gasteiger partial charge < -0.3 is 0 Å². The average Bonchev–Trinajstić information content (AvgIpc) is 2.05. The highest BCUT2D eigenvalue weighted by Gasteiger charge is 2.25. The van der Waals surface area contributed by atoms with Crippen molar-refractivity contribution in [3.05, 3.63) is 6.54 Å². The molecule has 2 rings (SSSR count). The van der Waals surface area contributed by atoms with Gasteiger partial charge in [-0.2, -0.15) is 0 Å². The molecule has 2 unspecified atom stereocenters.